The number of halogens is 1. The highest BCUT2D eigenvalue weighted by Gasteiger charge is 2.14. The first-order chi connectivity index (χ1) is 12.2. The summed E-state index contributed by atoms with van der Waals surface area (Å²) in [4.78, 5) is 12.3. The largest absolute Gasteiger partial charge is 0.306 e. The molecule has 0 amide bonds. The molecule has 0 fully saturated rings. The summed E-state index contributed by atoms with van der Waals surface area (Å²) < 4.78 is 3.21. The molecule has 1 aromatic heterocycles. The molecular weight excluding hydrogens is 445 g/mol. The minimum Gasteiger partial charge on any atom is -0.306 e. The first kappa shape index (κ1) is 18.1. The van der Waals surface area contributed by atoms with Crippen LogP contribution in [-0.2, 0) is 13.0 Å². The number of Topliss-reactive ketones (excluding diaryl/α,β-unsaturated/α-hetero) is 1. The maximum Gasteiger partial charge on any atom is 0.191 e. The molecule has 0 radical (unpaired) electrons. The Labute approximate surface area is 165 Å². The van der Waals surface area contributed by atoms with E-state index in [0.717, 1.165) is 33.1 Å². The number of benzene rings is 2. The maximum atomic E-state index is 12.3. The van der Waals surface area contributed by atoms with Crippen LogP contribution in [0.1, 0.15) is 28.7 Å². The third-order valence-corrected chi connectivity index (χ3v) is 5.50. The maximum absolute atomic E-state index is 12.3. The van der Waals surface area contributed by atoms with Crippen LogP contribution in [0.3, 0.4) is 0 Å². The molecule has 2 aromatic carbocycles. The van der Waals surface area contributed by atoms with Gasteiger partial charge in [0.25, 0.3) is 0 Å². The van der Waals surface area contributed by atoms with Crippen molar-refractivity contribution in [2.45, 2.75) is 25.0 Å². The molecule has 0 atom stereocenters. The van der Waals surface area contributed by atoms with E-state index in [0.29, 0.717) is 5.75 Å². The fraction of sp³-hybridized carbons (Fsp3) is 0.211. The first-order valence-electron chi connectivity index (χ1n) is 8.05. The van der Waals surface area contributed by atoms with Crippen LogP contribution in [0.4, 0.5) is 0 Å². The van der Waals surface area contributed by atoms with Gasteiger partial charge in [-0.3, -0.25) is 4.79 Å². The van der Waals surface area contributed by atoms with Crippen LogP contribution < -0.4 is 0 Å². The second-order valence-corrected chi connectivity index (χ2v) is 7.71. The second-order valence-electron chi connectivity index (χ2n) is 5.52. The lowest BCUT2D eigenvalue weighted by molar-refractivity contribution is 0.102. The molecule has 0 aliphatic heterocycles. The third kappa shape index (κ3) is 4.70. The van der Waals surface area contributed by atoms with Crippen molar-refractivity contribution < 1.29 is 4.79 Å². The highest BCUT2D eigenvalue weighted by atomic mass is 127. The number of ketones is 1. The van der Waals surface area contributed by atoms with Gasteiger partial charge in [0.2, 0.25) is 0 Å². The highest BCUT2D eigenvalue weighted by molar-refractivity contribution is 14.1. The molecule has 1 heterocycles. The van der Waals surface area contributed by atoms with E-state index in [1.54, 1.807) is 0 Å². The van der Waals surface area contributed by atoms with Gasteiger partial charge in [-0.15, -0.1) is 10.2 Å². The van der Waals surface area contributed by atoms with E-state index in [4.69, 9.17) is 0 Å². The topological polar surface area (TPSA) is 47.8 Å². The Hall–Kier alpha value is -1.67. The third-order valence-electron chi connectivity index (χ3n) is 3.81. The lowest BCUT2D eigenvalue weighted by Gasteiger charge is -2.07. The standard InChI is InChI=1S/C19H18IN3OS/c1-2-23-18(12-14-6-4-3-5-7-14)21-22-19(23)25-13-17(24)15-8-10-16(20)11-9-15/h3-11H,2,12-13H2,1H3. The van der Waals surface area contributed by atoms with Gasteiger partial charge in [0.15, 0.2) is 10.9 Å². The molecule has 0 unspecified atom stereocenters. The van der Waals surface area contributed by atoms with Gasteiger partial charge >= 0.3 is 0 Å². The number of nitrogens with zero attached hydrogens (tertiary/aromatic N) is 3. The van der Waals surface area contributed by atoms with Gasteiger partial charge in [-0.1, -0.05) is 54.2 Å². The number of carbonyl (C=O) groups excluding carboxylic acids is 1. The number of rotatable bonds is 7. The zero-order chi connectivity index (χ0) is 17.6. The van der Waals surface area contributed by atoms with Gasteiger partial charge in [-0.05, 0) is 47.2 Å². The fourth-order valence-corrected chi connectivity index (χ4v) is 3.78. The number of carbonyl (C=O) groups is 1. The minimum absolute atomic E-state index is 0.108. The predicted octanol–water partition coefficient (Wildman–Crippen LogP) is 4.47. The molecule has 4 nitrogen and oxygen atoms in total. The van der Waals surface area contributed by atoms with Crippen molar-refractivity contribution in [2.75, 3.05) is 5.75 Å². The molecule has 0 aliphatic carbocycles. The van der Waals surface area contributed by atoms with Gasteiger partial charge in [0, 0.05) is 22.1 Å². The van der Waals surface area contributed by atoms with E-state index in [1.165, 1.54) is 17.3 Å². The SMILES string of the molecule is CCn1c(Cc2ccccc2)nnc1SCC(=O)c1ccc(I)cc1. The first-order valence-corrected chi connectivity index (χ1v) is 10.1. The number of aromatic nitrogens is 3. The van der Waals surface area contributed by atoms with Crippen molar-refractivity contribution in [3.63, 3.8) is 0 Å². The molecule has 0 N–H and O–H groups in total. The molecule has 0 saturated carbocycles. The van der Waals surface area contributed by atoms with Crippen LogP contribution in [0.25, 0.3) is 0 Å². The van der Waals surface area contributed by atoms with Crippen molar-refractivity contribution in [3.8, 4) is 0 Å². The van der Waals surface area contributed by atoms with Crippen LogP contribution in [0.5, 0.6) is 0 Å². The summed E-state index contributed by atoms with van der Waals surface area (Å²) in [6, 6.07) is 17.9. The van der Waals surface area contributed by atoms with Crippen LogP contribution in [0, 0.1) is 3.57 Å². The number of hydrogen-bond donors (Lipinski definition) is 0. The fourth-order valence-electron chi connectivity index (χ4n) is 2.50. The Morgan fingerprint density at radius 3 is 2.48 bits per heavy atom. The Bertz CT molecular complexity index is 847. The van der Waals surface area contributed by atoms with E-state index >= 15 is 0 Å². The average molecular weight is 463 g/mol. The quantitative estimate of drug-likeness (QED) is 0.295. The summed E-state index contributed by atoms with van der Waals surface area (Å²) in [7, 11) is 0. The normalized spacial score (nSPS) is 10.8. The molecular formula is C19H18IN3OS. The highest BCUT2D eigenvalue weighted by Crippen LogP contribution is 2.20. The zero-order valence-electron chi connectivity index (χ0n) is 13.9. The summed E-state index contributed by atoms with van der Waals surface area (Å²) in [6.07, 6.45) is 0.743. The molecule has 0 saturated heterocycles. The van der Waals surface area contributed by atoms with Crippen LogP contribution in [0.15, 0.2) is 59.8 Å². The molecule has 6 heteroatoms. The van der Waals surface area contributed by atoms with Crippen molar-refractivity contribution in [3.05, 3.63) is 75.1 Å². The zero-order valence-corrected chi connectivity index (χ0v) is 16.8. The average Bonchev–Trinajstić information content (AvgIpc) is 3.02. The van der Waals surface area contributed by atoms with Crippen LogP contribution in [0.2, 0.25) is 0 Å². The molecule has 128 valence electrons. The molecule has 3 aromatic rings. The Morgan fingerprint density at radius 1 is 1.08 bits per heavy atom. The van der Waals surface area contributed by atoms with Crippen LogP contribution in [-0.4, -0.2) is 26.3 Å². The summed E-state index contributed by atoms with van der Waals surface area (Å²) >= 11 is 3.68. The summed E-state index contributed by atoms with van der Waals surface area (Å²) in [5.74, 6) is 1.40. The van der Waals surface area contributed by atoms with Crippen molar-refractivity contribution in [1.29, 1.82) is 0 Å². The van der Waals surface area contributed by atoms with Gasteiger partial charge < -0.3 is 4.57 Å². The van der Waals surface area contributed by atoms with E-state index in [9.17, 15) is 4.79 Å². The molecule has 3 rings (SSSR count). The number of thioether (sulfide) groups is 1. The lowest BCUT2D eigenvalue weighted by Crippen LogP contribution is -2.06. The van der Waals surface area contributed by atoms with E-state index in [2.05, 4.69) is 56.4 Å². The van der Waals surface area contributed by atoms with Gasteiger partial charge in [0.1, 0.15) is 5.82 Å². The molecule has 0 bridgehead atoms. The summed E-state index contributed by atoms with van der Waals surface area (Å²) in [5.41, 5.74) is 1.94. The van der Waals surface area contributed by atoms with Gasteiger partial charge in [-0.25, -0.2) is 0 Å². The monoisotopic (exact) mass is 463 g/mol. The van der Waals surface area contributed by atoms with E-state index < -0.39 is 0 Å². The van der Waals surface area contributed by atoms with Crippen molar-refractivity contribution in [1.82, 2.24) is 14.8 Å². The summed E-state index contributed by atoms with van der Waals surface area (Å²) in [5, 5.41) is 9.41. The van der Waals surface area contributed by atoms with Crippen molar-refractivity contribution in [2.24, 2.45) is 0 Å². The molecule has 25 heavy (non-hydrogen) atoms. The number of hydrogen-bond acceptors (Lipinski definition) is 4. The van der Waals surface area contributed by atoms with Crippen LogP contribution >= 0.6 is 34.4 Å². The Balaban J connectivity index is 1.68. The molecule has 0 spiro atoms. The second kappa shape index (κ2) is 8.62. The van der Waals surface area contributed by atoms with E-state index in [1.807, 2.05) is 42.5 Å². The van der Waals surface area contributed by atoms with E-state index in [-0.39, 0.29) is 5.78 Å². The smallest absolute Gasteiger partial charge is 0.191 e. The Morgan fingerprint density at radius 2 is 1.80 bits per heavy atom. The summed E-state index contributed by atoms with van der Waals surface area (Å²) in [6.45, 7) is 2.86. The lowest BCUT2D eigenvalue weighted by atomic mass is 10.1. The van der Waals surface area contributed by atoms with Gasteiger partial charge in [0.05, 0.1) is 5.75 Å². The van der Waals surface area contributed by atoms with Gasteiger partial charge in [-0.2, -0.15) is 0 Å². The predicted molar refractivity (Wildman–Crippen MR) is 109 cm³/mol. The Kier molecular flexibility index (Phi) is 6.25. The van der Waals surface area contributed by atoms with Crippen molar-refractivity contribution >= 4 is 40.1 Å². The minimum atomic E-state index is 0.108. The molecule has 0 aliphatic rings.